The molecule has 5 nitrogen and oxygen atoms in total. The number of benzene rings is 2. The van der Waals surface area contributed by atoms with E-state index in [-0.39, 0.29) is 44.3 Å². The normalized spacial score (nSPS) is 16.0. The molecule has 3 rings (SSSR count). The Bertz CT molecular complexity index is 937. The van der Waals surface area contributed by atoms with Crippen LogP contribution in [0.1, 0.15) is 16.7 Å². The molecule has 9 heteroatoms. The summed E-state index contributed by atoms with van der Waals surface area (Å²) >= 11 is 0. The van der Waals surface area contributed by atoms with E-state index in [1.165, 1.54) is 16.4 Å². The number of alkyl halides is 3. The second-order valence-electron chi connectivity index (χ2n) is 6.89. The Morgan fingerprint density at radius 1 is 0.862 bits per heavy atom. The van der Waals surface area contributed by atoms with Crippen LogP contribution in [0, 0.1) is 0 Å². The first-order valence-corrected chi connectivity index (χ1v) is 10.7. The zero-order valence-electron chi connectivity index (χ0n) is 15.6. The van der Waals surface area contributed by atoms with Crippen LogP contribution >= 0.6 is 0 Å². The molecule has 2 aromatic carbocycles. The van der Waals surface area contributed by atoms with Gasteiger partial charge >= 0.3 is 6.18 Å². The smallest absolute Gasteiger partial charge is 0.340 e. The van der Waals surface area contributed by atoms with Gasteiger partial charge in [0.05, 0.1) is 17.7 Å². The van der Waals surface area contributed by atoms with E-state index in [1.807, 2.05) is 6.07 Å². The molecule has 0 saturated carbocycles. The van der Waals surface area contributed by atoms with E-state index < -0.39 is 21.8 Å². The number of carbonyl (C=O) groups excluding carboxylic acids is 1. The van der Waals surface area contributed by atoms with E-state index in [0.29, 0.717) is 11.1 Å². The largest absolute Gasteiger partial charge is 0.416 e. The lowest BCUT2D eigenvalue weighted by molar-refractivity contribution is -0.137. The first kappa shape index (κ1) is 21.3. The van der Waals surface area contributed by atoms with Gasteiger partial charge in [0, 0.05) is 26.2 Å². The number of nitrogens with zero attached hydrogens (tertiary/aromatic N) is 2. The second kappa shape index (κ2) is 8.54. The molecule has 1 aliphatic rings. The molecule has 0 bridgehead atoms. The van der Waals surface area contributed by atoms with Crippen molar-refractivity contribution in [2.75, 3.05) is 26.2 Å². The van der Waals surface area contributed by atoms with E-state index in [1.54, 1.807) is 29.2 Å². The van der Waals surface area contributed by atoms with Crippen molar-refractivity contribution in [2.45, 2.75) is 18.3 Å². The molecule has 1 aliphatic heterocycles. The van der Waals surface area contributed by atoms with Crippen molar-refractivity contribution in [3.8, 4) is 0 Å². The number of sulfonamides is 1. The molecule has 29 heavy (non-hydrogen) atoms. The minimum Gasteiger partial charge on any atom is -0.340 e. The number of carbonyl (C=O) groups is 1. The second-order valence-corrected chi connectivity index (χ2v) is 8.86. The van der Waals surface area contributed by atoms with Crippen LogP contribution in [0.4, 0.5) is 13.2 Å². The third-order valence-electron chi connectivity index (χ3n) is 4.81. The fraction of sp³-hybridized carbons (Fsp3) is 0.350. The van der Waals surface area contributed by atoms with Crippen LogP contribution in [0.2, 0.25) is 0 Å². The summed E-state index contributed by atoms with van der Waals surface area (Å²) in [6, 6.07) is 13.4. The number of rotatable bonds is 5. The van der Waals surface area contributed by atoms with Crippen LogP contribution in [0.3, 0.4) is 0 Å². The van der Waals surface area contributed by atoms with Gasteiger partial charge in [-0.1, -0.05) is 42.5 Å². The zero-order valence-corrected chi connectivity index (χ0v) is 16.4. The summed E-state index contributed by atoms with van der Waals surface area (Å²) in [7, 11) is -3.47. The molecule has 2 aromatic rings. The van der Waals surface area contributed by atoms with Gasteiger partial charge in [0.2, 0.25) is 15.9 Å². The van der Waals surface area contributed by atoms with E-state index >= 15 is 0 Å². The molecule has 0 aliphatic carbocycles. The van der Waals surface area contributed by atoms with Gasteiger partial charge in [-0.05, 0) is 23.3 Å². The minimum absolute atomic E-state index is 0.0189. The van der Waals surface area contributed by atoms with Crippen LogP contribution in [0.15, 0.2) is 54.6 Å². The van der Waals surface area contributed by atoms with E-state index in [9.17, 15) is 26.4 Å². The summed E-state index contributed by atoms with van der Waals surface area (Å²) < 4.78 is 64.4. The predicted molar refractivity (Wildman–Crippen MR) is 102 cm³/mol. The minimum atomic E-state index is -4.41. The summed E-state index contributed by atoms with van der Waals surface area (Å²) in [5.74, 6) is -0.322. The van der Waals surface area contributed by atoms with Crippen molar-refractivity contribution in [1.29, 1.82) is 0 Å². The molecular formula is C20H21F3N2O3S. The number of halogens is 3. The SMILES string of the molecule is O=C(Cc1ccc(C(F)(F)F)cc1)N1CCN(S(=O)(=O)Cc2ccccc2)CC1. The Balaban J connectivity index is 1.54. The van der Waals surface area contributed by atoms with Crippen LogP contribution in [-0.4, -0.2) is 49.7 Å². The summed E-state index contributed by atoms with van der Waals surface area (Å²) in [5.41, 5.74) is 0.432. The highest BCUT2D eigenvalue weighted by Gasteiger charge is 2.31. The van der Waals surface area contributed by atoms with Gasteiger partial charge in [0.1, 0.15) is 0 Å². The fourth-order valence-electron chi connectivity index (χ4n) is 3.19. The maximum Gasteiger partial charge on any atom is 0.416 e. The van der Waals surface area contributed by atoms with Crippen LogP contribution < -0.4 is 0 Å². The van der Waals surface area contributed by atoms with Crippen molar-refractivity contribution in [3.63, 3.8) is 0 Å². The third-order valence-corrected chi connectivity index (χ3v) is 6.66. The monoisotopic (exact) mass is 426 g/mol. The van der Waals surface area contributed by atoms with Crippen LogP contribution in [-0.2, 0) is 33.2 Å². The molecule has 1 saturated heterocycles. The first-order chi connectivity index (χ1) is 13.6. The Morgan fingerprint density at radius 3 is 2.00 bits per heavy atom. The van der Waals surface area contributed by atoms with Crippen molar-refractivity contribution >= 4 is 15.9 Å². The lowest BCUT2D eigenvalue weighted by atomic mass is 10.1. The van der Waals surface area contributed by atoms with E-state index in [0.717, 1.165) is 12.1 Å². The van der Waals surface area contributed by atoms with Gasteiger partial charge < -0.3 is 4.90 Å². The highest BCUT2D eigenvalue weighted by atomic mass is 32.2. The van der Waals surface area contributed by atoms with Crippen molar-refractivity contribution in [1.82, 2.24) is 9.21 Å². The maximum absolute atomic E-state index is 12.6. The molecule has 1 amide bonds. The number of hydrogen-bond donors (Lipinski definition) is 0. The lowest BCUT2D eigenvalue weighted by Crippen LogP contribution is -2.51. The Kier molecular flexibility index (Phi) is 6.28. The third kappa shape index (κ3) is 5.57. The topological polar surface area (TPSA) is 57.7 Å². The van der Waals surface area contributed by atoms with Gasteiger partial charge in [0.15, 0.2) is 0 Å². The van der Waals surface area contributed by atoms with E-state index in [4.69, 9.17) is 0 Å². The predicted octanol–water partition coefficient (Wildman–Crippen LogP) is 2.92. The number of amides is 1. The molecule has 0 unspecified atom stereocenters. The highest BCUT2D eigenvalue weighted by molar-refractivity contribution is 7.88. The summed E-state index contributed by atoms with van der Waals surface area (Å²) in [4.78, 5) is 14.0. The Labute approximate surface area is 167 Å². The van der Waals surface area contributed by atoms with Gasteiger partial charge in [-0.2, -0.15) is 17.5 Å². The molecule has 0 aromatic heterocycles. The maximum atomic E-state index is 12.6. The van der Waals surface area contributed by atoms with Gasteiger partial charge in [0.25, 0.3) is 0 Å². The van der Waals surface area contributed by atoms with Crippen LogP contribution in [0.25, 0.3) is 0 Å². The average Bonchev–Trinajstić information content (AvgIpc) is 2.68. The molecule has 1 heterocycles. The molecule has 0 spiro atoms. The molecule has 0 atom stereocenters. The lowest BCUT2D eigenvalue weighted by Gasteiger charge is -2.34. The van der Waals surface area contributed by atoms with Crippen molar-refractivity contribution in [3.05, 3.63) is 71.3 Å². The van der Waals surface area contributed by atoms with Crippen molar-refractivity contribution < 1.29 is 26.4 Å². The molecule has 1 fully saturated rings. The average molecular weight is 426 g/mol. The molecule has 0 N–H and O–H groups in total. The van der Waals surface area contributed by atoms with Crippen molar-refractivity contribution in [2.24, 2.45) is 0 Å². The highest BCUT2D eigenvalue weighted by Crippen LogP contribution is 2.29. The molecular weight excluding hydrogens is 405 g/mol. The standard InChI is InChI=1S/C20H21F3N2O3S/c21-20(22,23)18-8-6-16(7-9-18)14-19(26)24-10-12-25(13-11-24)29(27,28)15-17-4-2-1-3-5-17/h1-9H,10-15H2. The number of piperazine rings is 1. The fourth-order valence-corrected chi connectivity index (χ4v) is 4.71. The zero-order chi connectivity index (χ0) is 21.1. The first-order valence-electron chi connectivity index (χ1n) is 9.11. The Morgan fingerprint density at radius 2 is 1.45 bits per heavy atom. The summed E-state index contributed by atoms with van der Waals surface area (Å²) in [6.45, 7) is 0.919. The van der Waals surface area contributed by atoms with Crippen LogP contribution in [0.5, 0.6) is 0 Å². The summed E-state index contributed by atoms with van der Waals surface area (Å²) in [6.07, 6.45) is -4.43. The quantitative estimate of drug-likeness (QED) is 0.739. The van der Waals surface area contributed by atoms with Gasteiger partial charge in [-0.15, -0.1) is 0 Å². The molecule has 156 valence electrons. The van der Waals surface area contributed by atoms with E-state index in [2.05, 4.69) is 0 Å². The molecule has 0 radical (unpaired) electrons. The Hall–Kier alpha value is -2.39. The summed E-state index contributed by atoms with van der Waals surface area (Å²) in [5, 5.41) is 0. The number of hydrogen-bond acceptors (Lipinski definition) is 3. The van der Waals surface area contributed by atoms with Gasteiger partial charge in [-0.25, -0.2) is 8.42 Å². The van der Waals surface area contributed by atoms with Gasteiger partial charge in [-0.3, -0.25) is 4.79 Å².